The molecule has 2 aromatic rings. The van der Waals surface area contributed by atoms with Crippen LogP contribution in [0, 0.1) is 13.8 Å². The van der Waals surface area contributed by atoms with Gasteiger partial charge in [-0.1, -0.05) is 12.1 Å². The Kier molecular flexibility index (Phi) is 5.89. The molecule has 1 atom stereocenters. The van der Waals surface area contributed by atoms with Crippen molar-refractivity contribution in [2.45, 2.75) is 39.3 Å². The van der Waals surface area contributed by atoms with Gasteiger partial charge in [-0.3, -0.25) is 9.78 Å². The van der Waals surface area contributed by atoms with Crippen molar-refractivity contribution in [3.63, 3.8) is 0 Å². The lowest BCUT2D eigenvalue weighted by Crippen LogP contribution is -2.37. The molecule has 1 aromatic heterocycles. The first-order valence-electron chi connectivity index (χ1n) is 9.04. The molecule has 1 saturated heterocycles. The molecule has 5 heteroatoms. The number of ether oxygens (including phenoxy) is 2. The summed E-state index contributed by atoms with van der Waals surface area (Å²) in [6.45, 7) is 5.84. The smallest absolute Gasteiger partial charge is 0.255 e. The summed E-state index contributed by atoms with van der Waals surface area (Å²) in [6, 6.07) is 9.74. The van der Waals surface area contributed by atoms with E-state index in [9.17, 15) is 4.79 Å². The van der Waals surface area contributed by atoms with E-state index >= 15 is 0 Å². The van der Waals surface area contributed by atoms with Crippen molar-refractivity contribution in [2.75, 3.05) is 20.3 Å². The summed E-state index contributed by atoms with van der Waals surface area (Å²) >= 11 is 0. The SMILES string of the molecule is COc1ccc(CN(C[C@H]2CCCO2)C(=O)c2cnc(C)c(C)c2)cc1. The molecule has 0 spiro atoms. The summed E-state index contributed by atoms with van der Waals surface area (Å²) in [5.74, 6) is 0.802. The van der Waals surface area contributed by atoms with Gasteiger partial charge in [0.25, 0.3) is 5.91 Å². The summed E-state index contributed by atoms with van der Waals surface area (Å²) < 4.78 is 11.0. The quantitative estimate of drug-likeness (QED) is 0.796. The predicted octanol–water partition coefficient (Wildman–Crippen LogP) is 3.53. The van der Waals surface area contributed by atoms with Gasteiger partial charge >= 0.3 is 0 Å². The maximum atomic E-state index is 13.1. The lowest BCUT2D eigenvalue weighted by molar-refractivity contribution is 0.0507. The van der Waals surface area contributed by atoms with Crippen LogP contribution in [0.25, 0.3) is 0 Å². The van der Waals surface area contributed by atoms with Gasteiger partial charge in [-0.05, 0) is 56.0 Å². The number of rotatable bonds is 6. The van der Waals surface area contributed by atoms with Crippen LogP contribution >= 0.6 is 0 Å². The summed E-state index contributed by atoms with van der Waals surface area (Å²) in [6.07, 6.45) is 3.83. The molecule has 26 heavy (non-hydrogen) atoms. The summed E-state index contributed by atoms with van der Waals surface area (Å²) in [5, 5.41) is 0. The third-order valence-corrected chi connectivity index (χ3v) is 4.85. The van der Waals surface area contributed by atoms with Crippen molar-refractivity contribution in [1.82, 2.24) is 9.88 Å². The third kappa shape index (κ3) is 4.41. The first kappa shape index (κ1) is 18.4. The van der Waals surface area contributed by atoms with E-state index in [1.54, 1.807) is 13.3 Å². The molecule has 1 aliphatic heterocycles. The summed E-state index contributed by atoms with van der Waals surface area (Å²) in [5.41, 5.74) is 3.66. The summed E-state index contributed by atoms with van der Waals surface area (Å²) in [7, 11) is 1.65. The molecule has 5 nitrogen and oxygen atoms in total. The van der Waals surface area contributed by atoms with Crippen LogP contribution in [0.15, 0.2) is 36.5 Å². The number of hydrogen-bond donors (Lipinski definition) is 0. The van der Waals surface area contributed by atoms with Gasteiger partial charge in [-0.15, -0.1) is 0 Å². The zero-order valence-corrected chi connectivity index (χ0v) is 15.7. The number of aryl methyl sites for hydroxylation is 2. The fraction of sp³-hybridized carbons (Fsp3) is 0.429. The van der Waals surface area contributed by atoms with Crippen LogP contribution < -0.4 is 4.74 Å². The zero-order chi connectivity index (χ0) is 18.5. The molecule has 1 fully saturated rings. The van der Waals surface area contributed by atoms with E-state index in [4.69, 9.17) is 9.47 Å². The number of amides is 1. The van der Waals surface area contributed by atoms with Gasteiger partial charge in [-0.2, -0.15) is 0 Å². The molecule has 0 N–H and O–H groups in total. The molecule has 0 unspecified atom stereocenters. The van der Waals surface area contributed by atoms with E-state index in [1.165, 1.54) is 0 Å². The van der Waals surface area contributed by atoms with Crippen LogP contribution in [0.5, 0.6) is 5.75 Å². The van der Waals surface area contributed by atoms with Gasteiger partial charge < -0.3 is 14.4 Å². The Hall–Kier alpha value is -2.40. The molecule has 3 rings (SSSR count). The van der Waals surface area contributed by atoms with Crippen molar-refractivity contribution < 1.29 is 14.3 Å². The highest BCUT2D eigenvalue weighted by Crippen LogP contribution is 2.19. The highest BCUT2D eigenvalue weighted by atomic mass is 16.5. The maximum Gasteiger partial charge on any atom is 0.255 e. The zero-order valence-electron chi connectivity index (χ0n) is 15.7. The highest BCUT2D eigenvalue weighted by Gasteiger charge is 2.24. The van der Waals surface area contributed by atoms with E-state index in [1.807, 2.05) is 49.1 Å². The average Bonchev–Trinajstić information content (AvgIpc) is 3.16. The normalized spacial score (nSPS) is 16.5. The maximum absolute atomic E-state index is 13.1. The van der Waals surface area contributed by atoms with E-state index in [0.29, 0.717) is 18.7 Å². The Morgan fingerprint density at radius 2 is 2.08 bits per heavy atom. The standard InChI is InChI=1S/C21H26N2O3/c1-15-11-18(12-22-16(15)2)21(24)23(14-20-5-4-10-26-20)13-17-6-8-19(25-3)9-7-17/h6-9,11-12,20H,4-5,10,13-14H2,1-3H3/t20-/m1/s1. The lowest BCUT2D eigenvalue weighted by atomic mass is 10.1. The average molecular weight is 354 g/mol. The van der Waals surface area contributed by atoms with Crippen molar-refractivity contribution >= 4 is 5.91 Å². The molecule has 0 bridgehead atoms. The van der Waals surface area contributed by atoms with Crippen LogP contribution in [-0.2, 0) is 11.3 Å². The Balaban J connectivity index is 1.80. The van der Waals surface area contributed by atoms with Crippen LogP contribution in [0.4, 0.5) is 0 Å². The minimum Gasteiger partial charge on any atom is -0.497 e. The molecular weight excluding hydrogens is 328 g/mol. The second kappa shape index (κ2) is 8.32. The number of aromatic nitrogens is 1. The van der Waals surface area contributed by atoms with Gasteiger partial charge in [0.2, 0.25) is 0 Å². The van der Waals surface area contributed by atoms with E-state index < -0.39 is 0 Å². The molecule has 0 radical (unpaired) electrons. The minimum absolute atomic E-state index is 0.00748. The first-order chi connectivity index (χ1) is 12.6. The minimum atomic E-state index is -0.00748. The lowest BCUT2D eigenvalue weighted by Gasteiger charge is -2.26. The Bertz CT molecular complexity index is 752. The van der Waals surface area contributed by atoms with E-state index in [0.717, 1.165) is 42.0 Å². The first-order valence-corrected chi connectivity index (χ1v) is 9.04. The molecule has 0 saturated carbocycles. The van der Waals surface area contributed by atoms with Crippen LogP contribution in [0.1, 0.15) is 40.0 Å². The number of nitrogens with zero attached hydrogens (tertiary/aromatic N) is 2. The van der Waals surface area contributed by atoms with Gasteiger partial charge in [0, 0.05) is 31.6 Å². The van der Waals surface area contributed by atoms with Crippen molar-refractivity contribution in [3.05, 3.63) is 58.9 Å². The predicted molar refractivity (Wildman–Crippen MR) is 100 cm³/mol. The van der Waals surface area contributed by atoms with Gasteiger partial charge in [-0.25, -0.2) is 0 Å². The summed E-state index contributed by atoms with van der Waals surface area (Å²) in [4.78, 5) is 19.3. The fourth-order valence-corrected chi connectivity index (χ4v) is 3.15. The Labute approximate surface area is 155 Å². The van der Waals surface area contributed by atoms with E-state index in [2.05, 4.69) is 4.98 Å². The number of carbonyl (C=O) groups is 1. The van der Waals surface area contributed by atoms with Crippen LogP contribution in [0.2, 0.25) is 0 Å². The number of benzene rings is 1. The highest BCUT2D eigenvalue weighted by molar-refractivity contribution is 5.94. The Morgan fingerprint density at radius 3 is 2.69 bits per heavy atom. The third-order valence-electron chi connectivity index (χ3n) is 4.85. The molecule has 0 aliphatic carbocycles. The number of methoxy groups -OCH3 is 1. The van der Waals surface area contributed by atoms with Crippen molar-refractivity contribution in [3.8, 4) is 5.75 Å². The molecule has 1 aromatic carbocycles. The number of hydrogen-bond acceptors (Lipinski definition) is 4. The molecular formula is C21H26N2O3. The van der Waals surface area contributed by atoms with E-state index in [-0.39, 0.29) is 12.0 Å². The fourth-order valence-electron chi connectivity index (χ4n) is 3.15. The van der Waals surface area contributed by atoms with Crippen LogP contribution in [-0.4, -0.2) is 42.2 Å². The number of pyridine rings is 1. The van der Waals surface area contributed by atoms with Crippen molar-refractivity contribution in [2.24, 2.45) is 0 Å². The molecule has 1 amide bonds. The topological polar surface area (TPSA) is 51.7 Å². The Morgan fingerprint density at radius 1 is 1.31 bits per heavy atom. The molecule has 2 heterocycles. The monoisotopic (exact) mass is 354 g/mol. The van der Waals surface area contributed by atoms with Gasteiger partial charge in [0.05, 0.1) is 18.8 Å². The largest absolute Gasteiger partial charge is 0.497 e. The van der Waals surface area contributed by atoms with Crippen molar-refractivity contribution in [1.29, 1.82) is 0 Å². The molecule has 1 aliphatic rings. The van der Waals surface area contributed by atoms with Gasteiger partial charge in [0.1, 0.15) is 5.75 Å². The van der Waals surface area contributed by atoms with Crippen LogP contribution in [0.3, 0.4) is 0 Å². The number of carbonyl (C=O) groups excluding carboxylic acids is 1. The second-order valence-corrected chi connectivity index (χ2v) is 6.80. The molecule has 138 valence electrons. The van der Waals surface area contributed by atoms with Gasteiger partial charge in [0.15, 0.2) is 0 Å². The second-order valence-electron chi connectivity index (χ2n) is 6.80.